The number of hydrogen-bond donors (Lipinski definition) is 1. The van der Waals surface area contributed by atoms with Crippen LogP contribution in [0.25, 0.3) is 0 Å². The molecule has 1 fully saturated rings. The predicted octanol–water partition coefficient (Wildman–Crippen LogP) is 4.02. The van der Waals surface area contributed by atoms with Crippen LogP contribution in [-0.2, 0) is 0 Å². The molecule has 112 valence electrons. The van der Waals surface area contributed by atoms with Crippen molar-refractivity contribution in [1.29, 1.82) is 0 Å². The maximum absolute atomic E-state index is 3.72. The zero-order valence-electron chi connectivity index (χ0n) is 13.5. The van der Waals surface area contributed by atoms with Gasteiger partial charge in [0.2, 0.25) is 0 Å². The van der Waals surface area contributed by atoms with Crippen LogP contribution in [0.5, 0.6) is 0 Å². The molecule has 1 heterocycles. The first-order chi connectivity index (χ1) is 9.61. The highest BCUT2D eigenvalue weighted by Gasteiger charge is 2.21. The molecule has 1 aromatic carbocycles. The normalized spacial score (nSPS) is 21.9. The van der Waals surface area contributed by atoms with Gasteiger partial charge in [-0.1, -0.05) is 46.2 Å². The molecule has 1 aliphatic rings. The van der Waals surface area contributed by atoms with Gasteiger partial charge in [0.05, 0.1) is 0 Å². The smallest absolute Gasteiger partial charge is 0.0366 e. The van der Waals surface area contributed by atoms with Crippen molar-refractivity contribution in [1.82, 2.24) is 5.32 Å². The van der Waals surface area contributed by atoms with Gasteiger partial charge >= 0.3 is 0 Å². The van der Waals surface area contributed by atoms with Gasteiger partial charge in [-0.15, -0.1) is 0 Å². The summed E-state index contributed by atoms with van der Waals surface area (Å²) in [5, 5.41) is 3.72. The van der Waals surface area contributed by atoms with Crippen molar-refractivity contribution in [3.05, 3.63) is 29.8 Å². The Hall–Kier alpha value is -1.02. The molecule has 1 saturated heterocycles. The summed E-state index contributed by atoms with van der Waals surface area (Å²) in [6, 6.07) is 9.79. The van der Waals surface area contributed by atoms with E-state index in [2.05, 4.69) is 62.2 Å². The van der Waals surface area contributed by atoms with Crippen LogP contribution in [0.4, 0.5) is 5.69 Å². The molecule has 0 radical (unpaired) electrons. The van der Waals surface area contributed by atoms with Crippen molar-refractivity contribution < 1.29 is 0 Å². The van der Waals surface area contributed by atoms with Crippen molar-refractivity contribution in [2.24, 2.45) is 5.92 Å². The molecule has 0 bridgehead atoms. The minimum absolute atomic E-state index is 0.614. The molecule has 2 nitrogen and oxygen atoms in total. The second kappa shape index (κ2) is 7.12. The molecule has 2 rings (SSSR count). The Kier molecular flexibility index (Phi) is 5.47. The first-order valence-electron chi connectivity index (χ1n) is 8.20. The predicted molar refractivity (Wildman–Crippen MR) is 88.6 cm³/mol. The molecule has 0 spiro atoms. The largest absolute Gasteiger partial charge is 0.370 e. The Balaban J connectivity index is 2.09. The molecule has 0 aromatic heterocycles. The maximum Gasteiger partial charge on any atom is 0.0366 e. The van der Waals surface area contributed by atoms with Crippen LogP contribution in [0.1, 0.15) is 52.0 Å². The zero-order valence-corrected chi connectivity index (χ0v) is 13.5. The Morgan fingerprint density at radius 3 is 2.50 bits per heavy atom. The monoisotopic (exact) mass is 274 g/mol. The lowest BCUT2D eigenvalue weighted by Gasteiger charge is -2.29. The molecule has 20 heavy (non-hydrogen) atoms. The second-order valence-corrected chi connectivity index (χ2v) is 6.49. The van der Waals surface area contributed by atoms with Crippen LogP contribution in [-0.4, -0.2) is 25.7 Å². The molecule has 1 aromatic rings. The van der Waals surface area contributed by atoms with Crippen molar-refractivity contribution in [3.8, 4) is 0 Å². The second-order valence-electron chi connectivity index (χ2n) is 6.49. The zero-order chi connectivity index (χ0) is 14.5. The molecule has 0 saturated carbocycles. The van der Waals surface area contributed by atoms with E-state index in [4.69, 9.17) is 0 Å². The summed E-state index contributed by atoms with van der Waals surface area (Å²) < 4.78 is 0. The van der Waals surface area contributed by atoms with E-state index in [1.807, 2.05) is 0 Å². The summed E-state index contributed by atoms with van der Waals surface area (Å²) in [5.41, 5.74) is 2.81. The Labute approximate surface area is 124 Å². The molecular formula is C18H30N2. The lowest BCUT2D eigenvalue weighted by Crippen LogP contribution is -2.42. The number of benzene rings is 1. The van der Waals surface area contributed by atoms with Crippen LogP contribution >= 0.6 is 0 Å². The van der Waals surface area contributed by atoms with Crippen molar-refractivity contribution in [2.45, 2.75) is 52.5 Å². The summed E-state index contributed by atoms with van der Waals surface area (Å²) in [6.45, 7) is 12.6. The first-order valence-corrected chi connectivity index (χ1v) is 8.20. The van der Waals surface area contributed by atoms with Crippen LogP contribution in [0.2, 0.25) is 0 Å². The van der Waals surface area contributed by atoms with Gasteiger partial charge in [0.25, 0.3) is 0 Å². The Morgan fingerprint density at radius 2 is 1.90 bits per heavy atom. The van der Waals surface area contributed by atoms with Gasteiger partial charge in [-0.3, -0.25) is 0 Å². The van der Waals surface area contributed by atoms with Gasteiger partial charge in [-0.2, -0.15) is 0 Å². The summed E-state index contributed by atoms with van der Waals surface area (Å²) in [6.07, 6.45) is 2.48. The van der Waals surface area contributed by atoms with E-state index in [0.29, 0.717) is 12.0 Å². The van der Waals surface area contributed by atoms with E-state index in [1.54, 1.807) is 0 Å². The topological polar surface area (TPSA) is 15.3 Å². The minimum Gasteiger partial charge on any atom is -0.370 e. The van der Waals surface area contributed by atoms with Crippen molar-refractivity contribution in [3.63, 3.8) is 0 Å². The van der Waals surface area contributed by atoms with Gasteiger partial charge in [-0.05, 0) is 42.5 Å². The SMILES string of the molecule is CCC(C)C1CN(c2ccc(C(C)C)cc2)CCCN1. The number of anilines is 1. The van der Waals surface area contributed by atoms with Gasteiger partial charge in [0.15, 0.2) is 0 Å². The standard InChI is InChI=1S/C18H30N2/c1-5-15(4)18-13-20(12-6-11-19-18)17-9-7-16(8-10-17)14(2)3/h7-10,14-15,18-19H,5-6,11-13H2,1-4H3. The molecule has 0 amide bonds. The van der Waals surface area contributed by atoms with Gasteiger partial charge in [-0.25, -0.2) is 0 Å². The molecular weight excluding hydrogens is 244 g/mol. The number of hydrogen-bond acceptors (Lipinski definition) is 2. The molecule has 2 unspecified atom stereocenters. The lowest BCUT2D eigenvalue weighted by atomic mass is 9.98. The van der Waals surface area contributed by atoms with E-state index in [1.165, 1.54) is 30.6 Å². The minimum atomic E-state index is 0.614. The molecule has 1 N–H and O–H groups in total. The summed E-state index contributed by atoms with van der Waals surface area (Å²) >= 11 is 0. The molecule has 1 aliphatic heterocycles. The van der Waals surface area contributed by atoms with Crippen LogP contribution < -0.4 is 10.2 Å². The average molecular weight is 274 g/mol. The molecule has 2 heteroatoms. The third-order valence-electron chi connectivity index (χ3n) is 4.68. The fourth-order valence-electron chi connectivity index (χ4n) is 2.92. The molecule has 2 atom stereocenters. The fourth-order valence-corrected chi connectivity index (χ4v) is 2.92. The quantitative estimate of drug-likeness (QED) is 0.892. The maximum atomic E-state index is 3.72. The lowest BCUT2D eigenvalue weighted by molar-refractivity contribution is 0.384. The highest BCUT2D eigenvalue weighted by Crippen LogP contribution is 2.22. The third kappa shape index (κ3) is 3.76. The van der Waals surface area contributed by atoms with E-state index in [-0.39, 0.29) is 0 Å². The van der Waals surface area contributed by atoms with Crippen molar-refractivity contribution in [2.75, 3.05) is 24.5 Å². The van der Waals surface area contributed by atoms with E-state index < -0.39 is 0 Å². The Bertz CT molecular complexity index is 396. The van der Waals surface area contributed by atoms with Crippen LogP contribution in [0, 0.1) is 5.92 Å². The number of nitrogens with zero attached hydrogens (tertiary/aromatic N) is 1. The van der Waals surface area contributed by atoms with Crippen molar-refractivity contribution >= 4 is 5.69 Å². The summed E-state index contributed by atoms with van der Waals surface area (Å²) in [7, 11) is 0. The average Bonchev–Trinajstić information content (AvgIpc) is 2.72. The number of rotatable bonds is 4. The van der Waals surface area contributed by atoms with Gasteiger partial charge in [0.1, 0.15) is 0 Å². The summed E-state index contributed by atoms with van der Waals surface area (Å²) in [4.78, 5) is 2.56. The summed E-state index contributed by atoms with van der Waals surface area (Å²) in [5.74, 6) is 1.35. The van der Waals surface area contributed by atoms with E-state index in [9.17, 15) is 0 Å². The highest BCUT2D eigenvalue weighted by atomic mass is 15.2. The molecule has 0 aliphatic carbocycles. The van der Waals surface area contributed by atoms with Crippen LogP contribution in [0.3, 0.4) is 0 Å². The first kappa shape index (κ1) is 15.4. The van der Waals surface area contributed by atoms with Gasteiger partial charge in [0, 0.05) is 24.8 Å². The third-order valence-corrected chi connectivity index (χ3v) is 4.68. The highest BCUT2D eigenvalue weighted by molar-refractivity contribution is 5.48. The fraction of sp³-hybridized carbons (Fsp3) is 0.667. The Morgan fingerprint density at radius 1 is 1.20 bits per heavy atom. The van der Waals surface area contributed by atoms with Gasteiger partial charge < -0.3 is 10.2 Å². The van der Waals surface area contributed by atoms with E-state index in [0.717, 1.165) is 19.0 Å². The van der Waals surface area contributed by atoms with Crippen LogP contribution in [0.15, 0.2) is 24.3 Å². The number of nitrogens with one attached hydrogen (secondary N) is 1. The van der Waals surface area contributed by atoms with E-state index >= 15 is 0 Å².